The van der Waals surface area contributed by atoms with Crippen LogP contribution in [0.15, 0.2) is 0 Å². The molecule has 242 valence electrons. The van der Waals surface area contributed by atoms with Gasteiger partial charge in [-0.2, -0.15) is 0 Å². The van der Waals surface area contributed by atoms with Gasteiger partial charge >= 0.3 is 0 Å². The lowest BCUT2D eigenvalue weighted by atomic mass is 9.78. The zero-order valence-corrected chi connectivity index (χ0v) is 29.2. The van der Waals surface area contributed by atoms with Crippen molar-refractivity contribution >= 4 is 0 Å². The van der Waals surface area contributed by atoms with Crippen LogP contribution in [0.25, 0.3) is 0 Å². The van der Waals surface area contributed by atoms with Crippen LogP contribution in [0, 0.1) is 11.8 Å². The van der Waals surface area contributed by atoms with Gasteiger partial charge in [0.1, 0.15) is 0 Å². The second-order valence-corrected chi connectivity index (χ2v) is 13.9. The molecule has 0 aliphatic rings. The van der Waals surface area contributed by atoms with Crippen LogP contribution in [-0.2, 0) is 0 Å². The predicted octanol–water partition coefficient (Wildman–Crippen LogP) is 15.6. The lowest BCUT2D eigenvalue weighted by molar-refractivity contribution is 0.236. The molecule has 0 radical (unpaired) electrons. The molecule has 0 heteroatoms. The maximum Gasteiger partial charge on any atom is -0.0386 e. The third-order valence-electron chi connectivity index (χ3n) is 9.88. The van der Waals surface area contributed by atoms with Gasteiger partial charge in [-0.15, -0.1) is 0 Å². The maximum absolute atomic E-state index is 2.35. The summed E-state index contributed by atoms with van der Waals surface area (Å²) in [7, 11) is 0. The minimum Gasteiger partial charge on any atom is -0.0654 e. The number of rotatable bonds is 35. The van der Waals surface area contributed by atoms with Gasteiger partial charge in [0.15, 0.2) is 0 Å². The Hall–Kier alpha value is 0. The molecule has 0 saturated carbocycles. The first-order valence-corrected chi connectivity index (χ1v) is 19.8. The molecule has 0 amide bonds. The third kappa shape index (κ3) is 29.5. The van der Waals surface area contributed by atoms with Gasteiger partial charge < -0.3 is 0 Å². The van der Waals surface area contributed by atoms with Gasteiger partial charge in [0, 0.05) is 0 Å². The van der Waals surface area contributed by atoms with Crippen molar-refractivity contribution in [2.45, 2.75) is 246 Å². The Morgan fingerprint density at radius 2 is 0.350 bits per heavy atom. The van der Waals surface area contributed by atoms with E-state index in [-0.39, 0.29) is 0 Å². The predicted molar refractivity (Wildman–Crippen MR) is 187 cm³/mol. The second-order valence-electron chi connectivity index (χ2n) is 13.9. The highest BCUT2D eigenvalue weighted by molar-refractivity contribution is 4.72. The van der Waals surface area contributed by atoms with Crippen molar-refractivity contribution < 1.29 is 0 Å². The molecule has 0 saturated heterocycles. The second kappa shape index (κ2) is 35.2. The fourth-order valence-corrected chi connectivity index (χ4v) is 7.04. The van der Waals surface area contributed by atoms with Crippen molar-refractivity contribution in [1.29, 1.82) is 0 Å². The number of unbranched alkanes of at least 4 members (excludes halogenated alkanes) is 26. The average Bonchev–Trinajstić information content (AvgIpc) is 2.96. The molecule has 0 aliphatic carbocycles. The molecule has 40 heavy (non-hydrogen) atoms. The van der Waals surface area contributed by atoms with E-state index in [1.54, 1.807) is 25.7 Å². The summed E-state index contributed by atoms with van der Waals surface area (Å²) in [5.41, 5.74) is 0. The number of hydrogen-bond donors (Lipinski definition) is 0. The minimum atomic E-state index is 1.03. The highest BCUT2D eigenvalue weighted by Gasteiger charge is 2.20. The molecule has 0 aliphatic heterocycles. The first-order chi connectivity index (χ1) is 19.8. The molecule has 0 aromatic heterocycles. The summed E-state index contributed by atoms with van der Waals surface area (Å²) in [6, 6.07) is 0. The normalized spacial score (nSPS) is 13.2. The van der Waals surface area contributed by atoms with E-state index in [9.17, 15) is 0 Å². The molecule has 2 atom stereocenters. The summed E-state index contributed by atoms with van der Waals surface area (Å²) in [4.78, 5) is 0. The van der Waals surface area contributed by atoms with Crippen LogP contribution in [-0.4, -0.2) is 0 Å². The van der Waals surface area contributed by atoms with Crippen molar-refractivity contribution in [2.24, 2.45) is 11.8 Å². The van der Waals surface area contributed by atoms with Crippen LogP contribution < -0.4 is 0 Å². The van der Waals surface area contributed by atoms with E-state index in [1.165, 1.54) is 193 Å². The largest absolute Gasteiger partial charge is 0.0654 e. The van der Waals surface area contributed by atoms with E-state index in [0.717, 1.165) is 11.8 Å². The fraction of sp³-hybridized carbons (Fsp3) is 1.00. The standard InChI is InChI=1S/C40H82/c1-5-9-13-17-21-23-25-29-33-37-39(35-31-27-19-15-11-7-3)40(36-32-28-20-16-12-8-4)38-34-30-26-24-22-18-14-10-6-2/h39-40H,5-38H2,1-4H3. The summed E-state index contributed by atoms with van der Waals surface area (Å²) < 4.78 is 0. The highest BCUT2D eigenvalue weighted by atomic mass is 14.3. The minimum absolute atomic E-state index is 1.03. The van der Waals surface area contributed by atoms with Crippen LogP contribution in [0.3, 0.4) is 0 Å². The van der Waals surface area contributed by atoms with E-state index in [4.69, 9.17) is 0 Å². The van der Waals surface area contributed by atoms with Gasteiger partial charge in [-0.05, 0) is 11.8 Å². The molecule has 0 fully saturated rings. The van der Waals surface area contributed by atoms with Gasteiger partial charge in [-0.3, -0.25) is 0 Å². The molecular formula is C40H82. The van der Waals surface area contributed by atoms with Crippen molar-refractivity contribution in [3.8, 4) is 0 Å². The van der Waals surface area contributed by atoms with Crippen molar-refractivity contribution in [3.63, 3.8) is 0 Å². The van der Waals surface area contributed by atoms with Crippen LogP contribution in [0.1, 0.15) is 246 Å². The topological polar surface area (TPSA) is 0 Å². The van der Waals surface area contributed by atoms with E-state index >= 15 is 0 Å². The molecule has 0 nitrogen and oxygen atoms in total. The zero-order chi connectivity index (χ0) is 29.2. The first-order valence-electron chi connectivity index (χ1n) is 19.8. The van der Waals surface area contributed by atoms with Crippen molar-refractivity contribution in [3.05, 3.63) is 0 Å². The molecule has 0 aromatic rings. The highest BCUT2D eigenvalue weighted by Crippen LogP contribution is 2.34. The Bertz CT molecular complexity index is 386. The summed E-state index contributed by atoms with van der Waals surface area (Å²) >= 11 is 0. The maximum atomic E-state index is 2.35. The SMILES string of the molecule is CCCCCCCCCCCC(CCCCCCCC)C(CCCCCCCC)CCCCCCCCCCC. The summed E-state index contributed by atoms with van der Waals surface area (Å²) in [5, 5.41) is 0. The Morgan fingerprint density at radius 1 is 0.200 bits per heavy atom. The molecule has 0 bridgehead atoms. The molecule has 0 aromatic carbocycles. The van der Waals surface area contributed by atoms with Crippen molar-refractivity contribution in [1.82, 2.24) is 0 Å². The van der Waals surface area contributed by atoms with Gasteiger partial charge in [0.2, 0.25) is 0 Å². The summed E-state index contributed by atoms with van der Waals surface area (Å²) in [6.07, 6.45) is 50.3. The fourth-order valence-electron chi connectivity index (χ4n) is 7.04. The molecule has 0 spiro atoms. The first kappa shape index (κ1) is 40.0. The Morgan fingerprint density at radius 3 is 0.525 bits per heavy atom. The Kier molecular flexibility index (Phi) is 35.2. The molecular weight excluding hydrogens is 480 g/mol. The van der Waals surface area contributed by atoms with E-state index in [0.29, 0.717) is 0 Å². The molecule has 0 heterocycles. The van der Waals surface area contributed by atoms with Crippen LogP contribution >= 0.6 is 0 Å². The lowest BCUT2D eigenvalue weighted by Crippen LogP contribution is -2.16. The third-order valence-corrected chi connectivity index (χ3v) is 9.88. The smallest absolute Gasteiger partial charge is 0.0386 e. The lowest BCUT2D eigenvalue weighted by Gasteiger charge is -2.28. The van der Waals surface area contributed by atoms with Gasteiger partial charge in [0.25, 0.3) is 0 Å². The van der Waals surface area contributed by atoms with Gasteiger partial charge in [-0.1, -0.05) is 246 Å². The Labute approximate surface area is 257 Å². The summed E-state index contributed by atoms with van der Waals surface area (Å²) in [6.45, 7) is 9.36. The van der Waals surface area contributed by atoms with Crippen LogP contribution in [0.5, 0.6) is 0 Å². The van der Waals surface area contributed by atoms with E-state index in [2.05, 4.69) is 27.7 Å². The molecule has 0 rings (SSSR count). The molecule has 0 N–H and O–H groups in total. The van der Waals surface area contributed by atoms with Gasteiger partial charge in [0.05, 0.1) is 0 Å². The van der Waals surface area contributed by atoms with Crippen LogP contribution in [0.2, 0.25) is 0 Å². The van der Waals surface area contributed by atoms with Crippen molar-refractivity contribution in [2.75, 3.05) is 0 Å². The van der Waals surface area contributed by atoms with Crippen LogP contribution in [0.4, 0.5) is 0 Å². The average molecular weight is 563 g/mol. The van der Waals surface area contributed by atoms with E-state index < -0.39 is 0 Å². The Balaban J connectivity index is 4.66. The quantitative estimate of drug-likeness (QED) is 0.0674. The zero-order valence-electron chi connectivity index (χ0n) is 29.2. The summed E-state index contributed by atoms with van der Waals surface area (Å²) in [5.74, 6) is 2.06. The molecule has 2 unspecified atom stereocenters. The van der Waals surface area contributed by atoms with Gasteiger partial charge in [-0.25, -0.2) is 0 Å². The van der Waals surface area contributed by atoms with E-state index in [1.807, 2.05) is 0 Å². The monoisotopic (exact) mass is 563 g/mol. The number of hydrogen-bond acceptors (Lipinski definition) is 0.